The predicted octanol–water partition coefficient (Wildman–Crippen LogP) is 4.17. The number of likely N-dealkylation sites (tertiary alicyclic amines) is 1. The van der Waals surface area contributed by atoms with E-state index in [1.54, 1.807) is 11.0 Å². The van der Waals surface area contributed by atoms with Crippen LogP contribution in [0.3, 0.4) is 0 Å². The lowest BCUT2D eigenvalue weighted by Gasteiger charge is -2.27. The number of hydrogen-bond donors (Lipinski definition) is 1. The summed E-state index contributed by atoms with van der Waals surface area (Å²) in [5.41, 5.74) is 3.63. The van der Waals surface area contributed by atoms with Crippen LogP contribution in [0.5, 0.6) is 5.75 Å². The zero-order valence-electron chi connectivity index (χ0n) is 19.0. The fourth-order valence-electron chi connectivity index (χ4n) is 5.08. The molecule has 6 heteroatoms. The number of carbonyl (C=O) groups excluding carboxylic acids is 2. The largest absolute Gasteiger partial charge is 0.507 e. The van der Waals surface area contributed by atoms with Gasteiger partial charge < -0.3 is 19.5 Å². The maximum Gasteiger partial charge on any atom is 0.295 e. The molecule has 0 aromatic heterocycles. The molecule has 2 fully saturated rings. The smallest absolute Gasteiger partial charge is 0.295 e. The second-order valence-corrected chi connectivity index (χ2v) is 9.14. The first kappa shape index (κ1) is 21.7. The summed E-state index contributed by atoms with van der Waals surface area (Å²) >= 11 is 0. The van der Waals surface area contributed by atoms with Gasteiger partial charge >= 0.3 is 0 Å². The Hall–Kier alpha value is -3.12. The molecule has 3 aliphatic heterocycles. The first-order valence-corrected chi connectivity index (χ1v) is 11.7. The van der Waals surface area contributed by atoms with Crippen LogP contribution in [0.25, 0.3) is 5.76 Å². The summed E-state index contributed by atoms with van der Waals surface area (Å²) in [5.74, 6) is -0.588. The molecule has 0 unspecified atom stereocenters. The first-order chi connectivity index (χ1) is 16.0. The average molecular weight is 448 g/mol. The Labute approximate surface area is 193 Å². The number of benzene rings is 2. The van der Waals surface area contributed by atoms with Crippen molar-refractivity contribution in [2.45, 2.75) is 57.8 Å². The van der Waals surface area contributed by atoms with Crippen LogP contribution in [0.2, 0.25) is 0 Å². The summed E-state index contributed by atoms with van der Waals surface area (Å²) in [5, 5.41) is 11.3. The van der Waals surface area contributed by atoms with Crippen LogP contribution in [0.4, 0.5) is 0 Å². The number of ether oxygens (including phenoxy) is 2. The fourth-order valence-corrected chi connectivity index (χ4v) is 5.08. The molecule has 33 heavy (non-hydrogen) atoms. The second kappa shape index (κ2) is 8.67. The fraction of sp³-hybridized carbons (Fsp3) is 0.407. The summed E-state index contributed by atoms with van der Waals surface area (Å²) in [6.45, 7) is 5.07. The van der Waals surface area contributed by atoms with E-state index in [4.69, 9.17) is 9.47 Å². The molecule has 3 aliphatic rings. The van der Waals surface area contributed by atoms with Gasteiger partial charge in [0, 0.05) is 25.1 Å². The van der Waals surface area contributed by atoms with E-state index >= 15 is 0 Å². The van der Waals surface area contributed by atoms with Crippen molar-refractivity contribution >= 4 is 17.4 Å². The molecule has 1 N–H and O–H groups in total. The zero-order valence-corrected chi connectivity index (χ0v) is 19.0. The lowest BCUT2D eigenvalue weighted by Crippen LogP contribution is -2.36. The summed E-state index contributed by atoms with van der Waals surface area (Å²) in [6, 6.07) is 12.7. The van der Waals surface area contributed by atoms with Crippen molar-refractivity contribution in [3.63, 3.8) is 0 Å². The molecule has 0 aliphatic carbocycles. The molecule has 0 saturated carbocycles. The Bertz CT molecular complexity index is 1110. The lowest BCUT2D eigenvalue weighted by molar-refractivity contribution is -0.140. The number of nitrogens with zero attached hydrogens (tertiary/aromatic N) is 1. The van der Waals surface area contributed by atoms with Crippen molar-refractivity contribution in [1.82, 2.24) is 4.90 Å². The lowest BCUT2D eigenvalue weighted by atomic mass is 9.93. The van der Waals surface area contributed by atoms with Gasteiger partial charge in [-0.25, -0.2) is 0 Å². The SMILES string of the molecule is CCc1ccc([C@H]2C(=C(O)c3ccc4c(c3)C[C@H](C)O4)C(=O)C(=O)N2C[C@@H]2CCCO2)cc1. The first-order valence-electron chi connectivity index (χ1n) is 11.7. The molecule has 3 heterocycles. The summed E-state index contributed by atoms with van der Waals surface area (Å²) in [7, 11) is 0. The number of aliphatic hydroxyl groups excluding tert-OH is 1. The van der Waals surface area contributed by atoms with Gasteiger partial charge in [0.25, 0.3) is 11.7 Å². The normalized spacial score (nSPS) is 26.0. The number of aliphatic hydroxyl groups is 1. The van der Waals surface area contributed by atoms with E-state index in [1.165, 1.54) is 5.56 Å². The standard InChI is InChI=1S/C27H29NO5/c1-3-17-6-8-18(9-7-17)24-23(26(30)27(31)28(24)15-21-5-4-12-32-21)25(29)19-10-11-22-20(14-19)13-16(2)33-22/h6-11,14,16,21,24,29H,3-5,12-13,15H2,1-2H3/t16-,21-,24-/m0/s1. The highest BCUT2D eigenvalue weighted by atomic mass is 16.5. The molecule has 6 nitrogen and oxygen atoms in total. The molecule has 3 atom stereocenters. The van der Waals surface area contributed by atoms with Gasteiger partial charge in [-0.15, -0.1) is 0 Å². The van der Waals surface area contributed by atoms with Crippen LogP contribution in [-0.2, 0) is 27.2 Å². The number of amides is 1. The molecule has 2 aromatic carbocycles. The van der Waals surface area contributed by atoms with E-state index in [1.807, 2.05) is 43.3 Å². The Morgan fingerprint density at radius 3 is 2.64 bits per heavy atom. The van der Waals surface area contributed by atoms with E-state index in [-0.39, 0.29) is 23.5 Å². The number of aryl methyl sites for hydroxylation is 1. The van der Waals surface area contributed by atoms with Gasteiger partial charge in [-0.3, -0.25) is 9.59 Å². The van der Waals surface area contributed by atoms with Gasteiger partial charge in [0.1, 0.15) is 17.6 Å². The van der Waals surface area contributed by atoms with E-state index in [9.17, 15) is 14.7 Å². The molecule has 2 saturated heterocycles. The van der Waals surface area contributed by atoms with Crippen LogP contribution in [-0.4, -0.2) is 47.1 Å². The number of Topliss-reactive ketones (excluding diaryl/α,β-unsaturated/α-hetero) is 1. The van der Waals surface area contributed by atoms with Crippen molar-refractivity contribution in [2.75, 3.05) is 13.2 Å². The van der Waals surface area contributed by atoms with Crippen LogP contribution in [0, 0.1) is 0 Å². The molecular formula is C27H29NO5. The molecule has 0 spiro atoms. The number of ketones is 1. The monoisotopic (exact) mass is 447 g/mol. The molecule has 1 amide bonds. The van der Waals surface area contributed by atoms with Crippen molar-refractivity contribution in [3.8, 4) is 5.75 Å². The Kier molecular flexibility index (Phi) is 5.71. The highest BCUT2D eigenvalue weighted by molar-refractivity contribution is 6.46. The second-order valence-electron chi connectivity index (χ2n) is 9.14. The van der Waals surface area contributed by atoms with Gasteiger partial charge in [-0.05, 0) is 61.1 Å². The van der Waals surface area contributed by atoms with Crippen LogP contribution in [0.15, 0.2) is 48.0 Å². The zero-order chi connectivity index (χ0) is 23.1. The number of hydrogen-bond acceptors (Lipinski definition) is 5. The van der Waals surface area contributed by atoms with Crippen LogP contribution < -0.4 is 4.74 Å². The maximum atomic E-state index is 13.2. The van der Waals surface area contributed by atoms with Crippen LogP contribution in [0.1, 0.15) is 55.0 Å². The quantitative estimate of drug-likeness (QED) is 0.423. The topological polar surface area (TPSA) is 76.1 Å². The Morgan fingerprint density at radius 1 is 1.15 bits per heavy atom. The van der Waals surface area contributed by atoms with E-state index < -0.39 is 17.7 Å². The van der Waals surface area contributed by atoms with Crippen molar-refractivity contribution < 1.29 is 24.2 Å². The van der Waals surface area contributed by atoms with E-state index in [2.05, 4.69) is 6.92 Å². The molecule has 0 bridgehead atoms. The minimum atomic E-state index is -0.653. The molecule has 0 radical (unpaired) electrons. The number of carbonyl (C=O) groups is 2. The summed E-state index contributed by atoms with van der Waals surface area (Å²) in [4.78, 5) is 27.9. The maximum absolute atomic E-state index is 13.2. The highest BCUT2D eigenvalue weighted by Crippen LogP contribution is 2.41. The molecular weight excluding hydrogens is 418 g/mol. The highest BCUT2D eigenvalue weighted by Gasteiger charge is 2.47. The average Bonchev–Trinajstić information content (AvgIpc) is 3.53. The number of fused-ring (bicyclic) bond motifs is 1. The minimum absolute atomic E-state index is 0.0754. The molecule has 2 aromatic rings. The van der Waals surface area contributed by atoms with Gasteiger partial charge in [0.15, 0.2) is 0 Å². The summed E-state index contributed by atoms with van der Waals surface area (Å²) < 4.78 is 11.5. The Balaban J connectivity index is 1.59. The molecule has 5 rings (SSSR count). The third-order valence-corrected chi connectivity index (χ3v) is 6.84. The number of rotatable bonds is 5. The van der Waals surface area contributed by atoms with Gasteiger partial charge in [-0.1, -0.05) is 31.2 Å². The third-order valence-electron chi connectivity index (χ3n) is 6.84. The van der Waals surface area contributed by atoms with E-state index in [0.29, 0.717) is 18.7 Å². The van der Waals surface area contributed by atoms with Gasteiger partial charge in [0.2, 0.25) is 0 Å². The third kappa shape index (κ3) is 3.93. The van der Waals surface area contributed by atoms with Crippen LogP contribution >= 0.6 is 0 Å². The Morgan fingerprint density at radius 2 is 1.94 bits per heavy atom. The van der Waals surface area contributed by atoms with Crippen molar-refractivity contribution in [3.05, 3.63) is 70.3 Å². The van der Waals surface area contributed by atoms with E-state index in [0.717, 1.165) is 42.6 Å². The minimum Gasteiger partial charge on any atom is -0.507 e. The predicted molar refractivity (Wildman–Crippen MR) is 124 cm³/mol. The summed E-state index contributed by atoms with van der Waals surface area (Å²) in [6.07, 6.45) is 3.41. The van der Waals surface area contributed by atoms with Gasteiger partial charge in [0.05, 0.1) is 17.7 Å². The van der Waals surface area contributed by atoms with Crippen molar-refractivity contribution in [2.24, 2.45) is 0 Å². The van der Waals surface area contributed by atoms with Crippen molar-refractivity contribution in [1.29, 1.82) is 0 Å². The molecule has 172 valence electrons. The van der Waals surface area contributed by atoms with Gasteiger partial charge in [-0.2, -0.15) is 0 Å².